The van der Waals surface area contributed by atoms with Crippen LogP contribution in [0.4, 0.5) is 0 Å². The second-order valence-electron chi connectivity index (χ2n) is 14.9. The lowest BCUT2D eigenvalue weighted by Gasteiger charge is -2.62. The Morgan fingerprint density at radius 2 is 1.67 bits per heavy atom. The van der Waals surface area contributed by atoms with Crippen LogP contribution in [0.3, 0.4) is 0 Å². The zero-order valence-corrected chi connectivity index (χ0v) is 26.0. The first kappa shape index (κ1) is 30.1. The van der Waals surface area contributed by atoms with Crippen molar-refractivity contribution in [2.45, 2.75) is 109 Å². The SMILES string of the molecule is CCC(=O)N[C@@H](Cc1ccccc1)C(=O)N1CCN([C@H]2C[C@@]3(C)[C@@H](CC[C@@H]4[C@@H]3CC[C@]3(C)[C@@H](O)CC[C@@H]43)C[C@@H]2O)CC1. The predicted molar refractivity (Wildman–Crippen MR) is 163 cm³/mol. The molecule has 1 aliphatic heterocycles. The summed E-state index contributed by atoms with van der Waals surface area (Å²) in [5.41, 5.74) is 1.36. The van der Waals surface area contributed by atoms with Crippen molar-refractivity contribution in [2.75, 3.05) is 26.2 Å². The number of hydrogen-bond acceptors (Lipinski definition) is 5. The van der Waals surface area contributed by atoms with Crippen molar-refractivity contribution < 1.29 is 19.8 Å². The third-order valence-electron chi connectivity index (χ3n) is 13.0. The zero-order valence-electron chi connectivity index (χ0n) is 26.0. The molecule has 232 valence electrons. The van der Waals surface area contributed by atoms with Crippen molar-refractivity contribution in [3.63, 3.8) is 0 Å². The van der Waals surface area contributed by atoms with Gasteiger partial charge in [-0.2, -0.15) is 0 Å². The first-order chi connectivity index (χ1) is 20.1. The highest BCUT2D eigenvalue weighted by molar-refractivity contribution is 5.88. The highest BCUT2D eigenvalue weighted by Crippen LogP contribution is 2.66. The first-order valence-corrected chi connectivity index (χ1v) is 16.9. The zero-order chi connectivity index (χ0) is 29.6. The molecule has 0 unspecified atom stereocenters. The van der Waals surface area contributed by atoms with Gasteiger partial charge in [-0.1, -0.05) is 51.1 Å². The molecule has 1 heterocycles. The number of nitrogens with one attached hydrogen (secondary N) is 1. The molecule has 42 heavy (non-hydrogen) atoms. The van der Waals surface area contributed by atoms with Gasteiger partial charge in [0.1, 0.15) is 6.04 Å². The summed E-state index contributed by atoms with van der Waals surface area (Å²) < 4.78 is 0. The van der Waals surface area contributed by atoms with Gasteiger partial charge in [-0.15, -0.1) is 0 Å². The molecule has 0 radical (unpaired) electrons. The van der Waals surface area contributed by atoms with E-state index in [-0.39, 0.29) is 40.9 Å². The van der Waals surface area contributed by atoms with Gasteiger partial charge in [0.15, 0.2) is 0 Å². The number of rotatable bonds is 6. The summed E-state index contributed by atoms with van der Waals surface area (Å²) in [6.45, 7) is 9.47. The second kappa shape index (κ2) is 11.9. The Balaban J connectivity index is 1.11. The molecule has 0 aromatic heterocycles. The van der Waals surface area contributed by atoms with Crippen molar-refractivity contribution in [3.05, 3.63) is 35.9 Å². The lowest BCUT2D eigenvalue weighted by Crippen LogP contribution is -2.63. The fourth-order valence-corrected chi connectivity index (χ4v) is 10.5. The van der Waals surface area contributed by atoms with E-state index in [1.54, 1.807) is 0 Å². The number of hydrogen-bond donors (Lipinski definition) is 3. The Morgan fingerprint density at radius 3 is 2.38 bits per heavy atom. The second-order valence-corrected chi connectivity index (χ2v) is 14.9. The van der Waals surface area contributed by atoms with Crippen LogP contribution in [0.1, 0.15) is 84.1 Å². The number of piperazine rings is 1. The van der Waals surface area contributed by atoms with Gasteiger partial charge in [0.25, 0.3) is 0 Å². The maximum absolute atomic E-state index is 13.7. The average molecular weight is 580 g/mol. The Hall–Kier alpha value is -1.96. The van der Waals surface area contributed by atoms with Crippen molar-refractivity contribution in [1.82, 2.24) is 15.1 Å². The molecule has 1 saturated heterocycles. The van der Waals surface area contributed by atoms with E-state index in [0.29, 0.717) is 49.6 Å². The van der Waals surface area contributed by atoms with Crippen LogP contribution in [0.15, 0.2) is 30.3 Å². The van der Waals surface area contributed by atoms with Crippen LogP contribution >= 0.6 is 0 Å². The summed E-state index contributed by atoms with van der Waals surface area (Å²) in [7, 11) is 0. The van der Waals surface area contributed by atoms with Crippen LogP contribution in [0.2, 0.25) is 0 Å². The molecule has 0 spiro atoms. The lowest BCUT2D eigenvalue weighted by molar-refractivity contribution is -0.157. The number of benzene rings is 1. The number of carbonyl (C=O) groups is 2. The number of aliphatic hydroxyl groups excluding tert-OH is 2. The van der Waals surface area contributed by atoms with Gasteiger partial charge in [-0.25, -0.2) is 0 Å². The summed E-state index contributed by atoms with van der Waals surface area (Å²) in [5.74, 6) is 2.49. The summed E-state index contributed by atoms with van der Waals surface area (Å²) in [6, 6.07) is 9.48. The number of amides is 2. The molecule has 7 heteroatoms. The third kappa shape index (κ3) is 5.32. The number of nitrogens with zero attached hydrogens (tertiary/aromatic N) is 2. The van der Waals surface area contributed by atoms with Crippen LogP contribution in [0, 0.1) is 34.5 Å². The number of fused-ring (bicyclic) bond motifs is 5. The van der Waals surface area contributed by atoms with Crippen molar-refractivity contribution in [3.8, 4) is 0 Å². The van der Waals surface area contributed by atoms with E-state index in [9.17, 15) is 19.8 Å². The quantitative estimate of drug-likeness (QED) is 0.474. The Morgan fingerprint density at radius 1 is 0.952 bits per heavy atom. The molecular weight excluding hydrogens is 526 g/mol. The molecule has 3 N–H and O–H groups in total. The third-order valence-corrected chi connectivity index (χ3v) is 13.0. The standard InChI is InChI=1S/C35H53N3O4/c1-4-32(41)36-28(20-23-8-6-5-7-9-23)33(42)38-18-16-37(17-19-38)29-22-35(3)24(21-30(29)39)10-11-25-26-12-13-31(40)34(26,2)15-14-27(25)35/h5-9,24-31,39-40H,4,10-22H2,1-3H3,(H,36,41)/t24-,25-,26-,27-,28-,29-,30-,31-,34-,35-/m0/s1. The molecule has 6 rings (SSSR count). The average Bonchev–Trinajstić information content (AvgIpc) is 3.31. The van der Waals surface area contributed by atoms with Gasteiger partial charge in [-0.3, -0.25) is 14.5 Å². The molecule has 5 aliphatic rings. The Labute approximate surface area is 252 Å². The minimum absolute atomic E-state index is 0.00403. The van der Waals surface area contributed by atoms with Gasteiger partial charge in [-0.05, 0) is 91.4 Å². The molecule has 1 aromatic carbocycles. The normalized spacial score (nSPS) is 40.9. The predicted octanol–water partition coefficient (Wildman–Crippen LogP) is 4.01. The van der Waals surface area contributed by atoms with Crippen LogP contribution in [0.25, 0.3) is 0 Å². The minimum Gasteiger partial charge on any atom is -0.393 e. The lowest BCUT2D eigenvalue weighted by atomic mass is 9.44. The molecule has 1 aromatic rings. The maximum Gasteiger partial charge on any atom is 0.245 e. The highest BCUT2D eigenvalue weighted by Gasteiger charge is 2.61. The van der Waals surface area contributed by atoms with E-state index in [4.69, 9.17) is 0 Å². The van der Waals surface area contributed by atoms with Crippen LogP contribution < -0.4 is 5.32 Å². The van der Waals surface area contributed by atoms with Gasteiger partial charge in [0.2, 0.25) is 11.8 Å². The molecule has 7 nitrogen and oxygen atoms in total. The summed E-state index contributed by atoms with van der Waals surface area (Å²) in [5, 5.41) is 25.3. The van der Waals surface area contributed by atoms with E-state index < -0.39 is 6.04 Å². The van der Waals surface area contributed by atoms with Gasteiger partial charge in [0, 0.05) is 45.1 Å². The van der Waals surface area contributed by atoms with Crippen LogP contribution in [-0.2, 0) is 16.0 Å². The van der Waals surface area contributed by atoms with E-state index >= 15 is 0 Å². The fraction of sp³-hybridized carbons (Fsp3) is 0.771. The largest absolute Gasteiger partial charge is 0.393 e. The van der Waals surface area contributed by atoms with Gasteiger partial charge < -0.3 is 20.4 Å². The van der Waals surface area contributed by atoms with Crippen molar-refractivity contribution in [2.24, 2.45) is 34.5 Å². The molecular formula is C35H53N3O4. The Kier molecular flexibility index (Phi) is 8.49. The molecule has 5 fully saturated rings. The first-order valence-electron chi connectivity index (χ1n) is 16.9. The minimum atomic E-state index is -0.559. The summed E-state index contributed by atoms with van der Waals surface area (Å²) in [6.07, 6.45) is 9.24. The summed E-state index contributed by atoms with van der Waals surface area (Å²) >= 11 is 0. The summed E-state index contributed by atoms with van der Waals surface area (Å²) in [4.78, 5) is 30.3. The van der Waals surface area contributed by atoms with Crippen LogP contribution in [0.5, 0.6) is 0 Å². The Bertz CT molecular complexity index is 1120. The number of carbonyl (C=O) groups excluding carboxylic acids is 2. The molecule has 4 saturated carbocycles. The fourth-order valence-electron chi connectivity index (χ4n) is 10.5. The van der Waals surface area contributed by atoms with Crippen molar-refractivity contribution in [1.29, 1.82) is 0 Å². The molecule has 2 amide bonds. The van der Waals surface area contributed by atoms with Gasteiger partial charge >= 0.3 is 0 Å². The van der Waals surface area contributed by atoms with Gasteiger partial charge in [0.05, 0.1) is 12.2 Å². The molecule has 4 aliphatic carbocycles. The van der Waals surface area contributed by atoms with E-state index in [1.165, 1.54) is 25.7 Å². The molecule has 0 bridgehead atoms. The number of aliphatic hydroxyl groups is 2. The van der Waals surface area contributed by atoms with E-state index in [1.807, 2.05) is 42.2 Å². The van der Waals surface area contributed by atoms with Crippen LogP contribution in [-0.4, -0.2) is 82.3 Å². The van der Waals surface area contributed by atoms with Crippen molar-refractivity contribution >= 4 is 11.8 Å². The molecule has 10 atom stereocenters. The highest BCUT2D eigenvalue weighted by atomic mass is 16.3. The smallest absolute Gasteiger partial charge is 0.245 e. The van der Waals surface area contributed by atoms with E-state index in [2.05, 4.69) is 24.1 Å². The topological polar surface area (TPSA) is 93.1 Å². The maximum atomic E-state index is 13.7. The van der Waals surface area contributed by atoms with E-state index in [0.717, 1.165) is 44.3 Å². The monoisotopic (exact) mass is 579 g/mol.